The van der Waals surface area contributed by atoms with Crippen molar-refractivity contribution in [3.63, 3.8) is 0 Å². The van der Waals surface area contributed by atoms with Crippen LogP contribution in [0.3, 0.4) is 0 Å². The number of esters is 1. The molecule has 0 saturated carbocycles. The second-order valence-corrected chi connectivity index (χ2v) is 8.75. The van der Waals surface area contributed by atoms with Crippen molar-refractivity contribution < 1.29 is 22.7 Å². The van der Waals surface area contributed by atoms with Gasteiger partial charge in [-0.3, -0.25) is 9.10 Å². The highest BCUT2D eigenvalue weighted by atomic mass is 32.2. The van der Waals surface area contributed by atoms with Crippen LogP contribution in [-0.2, 0) is 26.0 Å². The Morgan fingerprint density at radius 1 is 1.21 bits per heavy atom. The van der Waals surface area contributed by atoms with Crippen LogP contribution < -0.4 is 9.62 Å². The van der Waals surface area contributed by atoms with Gasteiger partial charge in [0.2, 0.25) is 10.0 Å². The van der Waals surface area contributed by atoms with E-state index in [1.807, 2.05) is 26.0 Å². The number of sulfonamides is 1. The maximum Gasteiger partial charge on any atom is 0.338 e. The molecule has 28 heavy (non-hydrogen) atoms. The number of nitrogens with one attached hydrogen (secondary N) is 1. The highest BCUT2D eigenvalue weighted by molar-refractivity contribution is 7.92. The summed E-state index contributed by atoms with van der Waals surface area (Å²) in [6.45, 7) is 3.28. The van der Waals surface area contributed by atoms with Crippen LogP contribution in [-0.4, -0.2) is 39.2 Å². The van der Waals surface area contributed by atoms with Crippen LogP contribution in [0.2, 0.25) is 0 Å². The minimum atomic E-state index is -3.39. The Morgan fingerprint density at radius 2 is 1.93 bits per heavy atom. The summed E-state index contributed by atoms with van der Waals surface area (Å²) < 4.78 is 30.4. The van der Waals surface area contributed by atoms with Gasteiger partial charge in [0.15, 0.2) is 6.61 Å². The molecule has 2 aromatic carbocycles. The van der Waals surface area contributed by atoms with Gasteiger partial charge in [-0.15, -0.1) is 0 Å². The SMILES string of the molecule is Cc1ccccc1NC(=O)COC(=O)c1ccc2c(c1)CC(C)N2S(C)(=O)=O. The van der Waals surface area contributed by atoms with Gasteiger partial charge in [0.25, 0.3) is 5.91 Å². The zero-order valence-electron chi connectivity index (χ0n) is 15.9. The highest BCUT2D eigenvalue weighted by Crippen LogP contribution is 2.34. The van der Waals surface area contributed by atoms with E-state index in [1.165, 1.54) is 10.4 Å². The summed E-state index contributed by atoms with van der Waals surface area (Å²) in [5, 5.41) is 2.70. The van der Waals surface area contributed by atoms with Crippen LogP contribution in [0.15, 0.2) is 42.5 Å². The molecule has 1 heterocycles. The minimum Gasteiger partial charge on any atom is -0.452 e. The van der Waals surface area contributed by atoms with Crippen molar-refractivity contribution in [1.29, 1.82) is 0 Å². The van der Waals surface area contributed by atoms with Gasteiger partial charge in [-0.2, -0.15) is 0 Å². The summed E-state index contributed by atoms with van der Waals surface area (Å²) in [6, 6.07) is 11.8. The third-order valence-corrected chi connectivity index (χ3v) is 5.85. The first kappa shape index (κ1) is 19.9. The van der Waals surface area contributed by atoms with Crippen LogP contribution in [0.4, 0.5) is 11.4 Å². The monoisotopic (exact) mass is 402 g/mol. The lowest BCUT2D eigenvalue weighted by atomic mass is 10.1. The Hall–Kier alpha value is -2.87. The number of nitrogens with zero attached hydrogens (tertiary/aromatic N) is 1. The molecule has 0 fully saturated rings. The number of carbonyl (C=O) groups is 2. The van der Waals surface area contributed by atoms with Crippen molar-refractivity contribution in [2.75, 3.05) is 22.5 Å². The maximum absolute atomic E-state index is 12.3. The minimum absolute atomic E-state index is 0.212. The normalized spacial score (nSPS) is 15.8. The van der Waals surface area contributed by atoms with Crippen molar-refractivity contribution >= 4 is 33.3 Å². The number of amides is 1. The average Bonchev–Trinajstić information content (AvgIpc) is 2.96. The van der Waals surface area contributed by atoms with Crippen molar-refractivity contribution in [3.8, 4) is 0 Å². The lowest BCUT2D eigenvalue weighted by molar-refractivity contribution is -0.119. The van der Waals surface area contributed by atoms with Gasteiger partial charge in [-0.25, -0.2) is 13.2 Å². The van der Waals surface area contributed by atoms with E-state index in [4.69, 9.17) is 4.74 Å². The number of aryl methyl sites for hydroxylation is 1. The molecule has 1 atom stereocenters. The molecule has 8 heteroatoms. The van der Waals surface area contributed by atoms with Crippen molar-refractivity contribution in [2.45, 2.75) is 26.3 Å². The summed E-state index contributed by atoms with van der Waals surface area (Å²) >= 11 is 0. The second-order valence-electron chi connectivity index (χ2n) is 6.89. The van der Waals surface area contributed by atoms with Gasteiger partial charge < -0.3 is 10.1 Å². The van der Waals surface area contributed by atoms with Crippen molar-refractivity contribution in [2.24, 2.45) is 0 Å². The first-order valence-electron chi connectivity index (χ1n) is 8.82. The summed E-state index contributed by atoms with van der Waals surface area (Å²) in [4.78, 5) is 24.3. The molecule has 1 N–H and O–H groups in total. The predicted molar refractivity (Wildman–Crippen MR) is 107 cm³/mol. The van der Waals surface area contributed by atoms with E-state index in [2.05, 4.69) is 5.32 Å². The molecule has 0 saturated heterocycles. The van der Waals surface area contributed by atoms with Crippen LogP contribution in [0, 0.1) is 6.92 Å². The topological polar surface area (TPSA) is 92.8 Å². The van der Waals surface area contributed by atoms with E-state index in [1.54, 1.807) is 24.3 Å². The third-order valence-electron chi connectivity index (χ3n) is 4.58. The van der Waals surface area contributed by atoms with E-state index in [-0.39, 0.29) is 11.6 Å². The Kier molecular flexibility index (Phi) is 5.42. The van der Waals surface area contributed by atoms with Crippen LogP contribution in [0.1, 0.15) is 28.4 Å². The first-order valence-corrected chi connectivity index (χ1v) is 10.7. The number of hydrogen-bond acceptors (Lipinski definition) is 5. The van der Waals surface area contributed by atoms with Crippen LogP contribution in [0.5, 0.6) is 0 Å². The molecule has 2 aromatic rings. The Balaban J connectivity index is 1.65. The lowest BCUT2D eigenvalue weighted by Gasteiger charge is -2.21. The molecule has 3 rings (SSSR count). The number of anilines is 2. The number of hydrogen-bond donors (Lipinski definition) is 1. The van der Waals surface area contributed by atoms with E-state index < -0.39 is 28.5 Å². The van der Waals surface area contributed by atoms with E-state index in [0.717, 1.165) is 17.4 Å². The molecular weight excluding hydrogens is 380 g/mol. The first-order chi connectivity index (χ1) is 13.2. The molecule has 0 spiro atoms. The average molecular weight is 402 g/mol. The summed E-state index contributed by atoms with van der Waals surface area (Å²) in [7, 11) is -3.39. The fourth-order valence-electron chi connectivity index (χ4n) is 3.35. The van der Waals surface area contributed by atoms with Crippen molar-refractivity contribution in [1.82, 2.24) is 0 Å². The van der Waals surface area contributed by atoms with E-state index >= 15 is 0 Å². The molecule has 7 nitrogen and oxygen atoms in total. The standard InChI is InChI=1S/C20H22N2O5S/c1-13-6-4-5-7-17(13)21-19(23)12-27-20(24)15-8-9-18-16(11-15)10-14(2)22(18)28(3,25)26/h4-9,11,14H,10,12H2,1-3H3,(H,21,23). The number of carbonyl (C=O) groups excluding carboxylic acids is 2. The molecule has 1 aliphatic rings. The molecule has 0 bridgehead atoms. The van der Waals surface area contributed by atoms with Gasteiger partial charge in [0.1, 0.15) is 0 Å². The highest BCUT2D eigenvalue weighted by Gasteiger charge is 2.32. The van der Waals surface area contributed by atoms with E-state index in [0.29, 0.717) is 17.8 Å². The molecule has 1 aliphatic heterocycles. The fourth-order valence-corrected chi connectivity index (χ4v) is 4.61. The van der Waals surface area contributed by atoms with E-state index in [9.17, 15) is 18.0 Å². The third kappa shape index (κ3) is 4.17. The molecule has 0 aromatic heterocycles. The van der Waals surface area contributed by atoms with Gasteiger partial charge in [0, 0.05) is 11.7 Å². The number of benzene rings is 2. The molecular formula is C20H22N2O5S. The smallest absolute Gasteiger partial charge is 0.338 e. The molecule has 0 aliphatic carbocycles. The summed E-state index contributed by atoms with van der Waals surface area (Å²) in [6.07, 6.45) is 1.67. The number of fused-ring (bicyclic) bond motifs is 1. The Morgan fingerprint density at radius 3 is 2.61 bits per heavy atom. The molecule has 1 amide bonds. The number of ether oxygens (including phenoxy) is 1. The van der Waals surface area contributed by atoms with Crippen molar-refractivity contribution in [3.05, 3.63) is 59.2 Å². The molecule has 1 unspecified atom stereocenters. The summed E-state index contributed by atoms with van der Waals surface area (Å²) in [5.41, 5.74) is 3.19. The van der Waals surface area contributed by atoms with Crippen LogP contribution in [0.25, 0.3) is 0 Å². The zero-order chi connectivity index (χ0) is 20.5. The van der Waals surface area contributed by atoms with Gasteiger partial charge >= 0.3 is 5.97 Å². The van der Waals surface area contributed by atoms with Crippen LogP contribution >= 0.6 is 0 Å². The zero-order valence-corrected chi connectivity index (χ0v) is 16.7. The summed E-state index contributed by atoms with van der Waals surface area (Å²) in [5.74, 6) is -1.06. The molecule has 148 valence electrons. The van der Waals surface area contributed by atoms with Gasteiger partial charge in [-0.1, -0.05) is 18.2 Å². The Bertz CT molecular complexity index is 1030. The van der Waals surface area contributed by atoms with Gasteiger partial charge in [0.05, 0.1) is 17.5 Å². The Labute approximate surface area is 164 Å². The predicted octanol–water partition coefficient (Wildman–Crippen LogP) is 2.50. The maximum atomic E-state index is 12.3. The largest absolute Gasteiger partial charge is 0.452 e. The second kappa shape index (κ2) is 7.63. The number of rotatable bonds is 5. The lowest BCUT2D eigenvalue weighted by Crippen LogP contribution is -2.34. The quantitative estimate of drug-likeness (QED) is 0.776. The van der Waals surface area contributed by atoms with Gasteiger partial charge in [-0.05, 0) is 55.7 Å². The fraction of sp³-hybridized carbons (Fsp3) is 0.300. The molecule has 0 radical (unpaired) electrons. The number of para-hydroxylation sites is 1.